The zero-order valence-corrected chi connectivity index (χ0v) is 13.4. The summed E-state index contributed by atoms with van der Waals surface area (Å²) in [6, 6.07) is 5.19. The van der Waals surface area contributed by atoms with Crippen molar-refractivity contribution in [2.45, 2.75) is 44.8 Å². The molecule has 0 spiro atoms. The standard InChI is InChI=1S/C17H21ClFNO2/c1-2-22-10-9-12-3-4-13(18)11-16(12)17(21)20-15-7-5-14(19)6-8-15/h3-4,9-11,14-15H,2,5-8H2,1H3,(H,20,21)/b10-9+. The van der Waals surface area contributed by atoms with Gasteiger partial charge in [-0.2, -0.15) is 0 Å². The van der Waals surface area contributed by atoms with Crippen LogP contribution < -0.4 is 5.32 Å². The highest BCUT2D eigenvalue weighted by Crippen LogP contribution is 2.22. The van der Waals surface area contributed by atoms with Crippen molar-refractivity contribution in [1.29, 1.82) is 0 Å². The van der Waals surface area contributed by atoms with E-state index in [4.69, 9.17) is 16.3 Å². The molecule has 0 aromatic heterocycles. The van der Waals surface area contributed by atoms with E-state index in [-0.39, 0.29) is 11.9 Å². The molecule has 0 unspecified atom stereocenters. The summed E-state index contributed by atoms with van der Waals surface area (Å²) in [5.74, 6) is -0.180. The largest absolute Gasteiger partial charge is 0.501 e. The maximum Gasteiger partial charge on any atom is 0.252 e. The van der Waals surface area contributed by atoms with E-state index < -0.39 is 6.17 Å². The second-order valence-electron chi connectivity index (χ2n) is 5.41. The van der Waals surface area contributed by atoms with Gasteiger partial charge >= 0.3 is 0 Å². The minimum Gasteiger partial charge on any atom is -0.501 e. The van der Waals surface area contributed by atoms with Gasteiger partial charge in [0.1, 0.15) is 6.17 Å². The lowest BCUT2D eigenvalue weighted by Gasteiger charge is -2.25. The summed E-state index contributed by atoms with van der Waals surface area (Å²) in [6.45, 7) is 2.46. The lowest BCUT2D eigenvalue weighted by Crippen LogP contribution is -2.38. The highest BCUT2D eigenvalue weighted by Gasteiger charge is 2.23. The van der Waals surface area contributed by atoms with Crippen LogP contribution >= 0.6 is 11.6 Å². The number of rotatable bonds is 5. The fourth-order valence-corrected chi connectivity index (χ4v) is 2.72. The van der Waals surface area contributed by atoms with Gasteiger partial charge in [0.2, 0.25) is 0 Å². The lowest BCUT2D eigenvalue weighted by atomic mass is 9.93. The molecule has 120 valence electrons. The molecular weight excluding hydrogens is 305 g/mol. The molecule has 1 amide bonds. The van der Waals surface area contributed by atoms with Gasteiger partial charge in [0, 0.05) is 16.6 Å². The molecular formula is C17H21ClFNO2. The minimum absolute atomic E-state index is 0.0298. The summed E-state index contributed by atoms with van der Waals surface area (Å²) >= 11 is 6.00. The molecule has 2 rings (SSSR count). The van der Waals surface area contributed by atoms with Gasteiger partial charge in [-0.25, -0.2) is 4.39 Å². The predicted molar refractivity (Wildman–Crippen MR) is 86.7 cm³/mol. The molecule has 0 atom stereocenters. The number of alkyl halides is 1. The third-order valence-corrected chi connectivity index (χ3v) is 4.00. The minimum atomic E-state index is -0.732. The molecule has 1 fully saturated rings. The first-order valence-electron chi connectivity index (χ1n) is 7.62. The Morgan fingerprint density at radius 1 is 1.41 bits per heavy atom. The van der Waals surface area contributed by atoms with Crippen LogP contribution in [0, 0.1) is 0 Å². The Morgan fingerprint density at radius 3 is 2.82 bits per heavy atom. The van der Waals surface area contributed by atoms with E-state index in [9.17, 15) is 9.18 Å². The molecule has 22 heavy (non-hydrogen) atoms. The number of carbonyl (C=O) groups is 1. The van der Waals surface area contributed by atoms with E-state index in [2.05, 4.69) is 5.32 Å². The highest BCUT2D eigenvalue weighted by molar-refractivity contribution is 6.31. The number of hydrogen-bond donors (Lipinski definition) is 1. The van der Waals surface area contributed by atoms with Gasteiger partial charge in [0.25, 0.3) is 5.91 Å². The van der Waals surface area contributed by atoms with Gasteiger partial charge in [-0.05, 0) is 56.4 Å². The van der Waals surface area contributed by atoms with Crippen LogP contribution in [0.4, 0.5) is 4.39 Å². The van der Waals surface area contributed by atoms with Crippen molar-refractivity contribution in [3.8, 4) is 0 Å². The summed E-state index contributed by atoms with van der Waals surface area (Å²) in [5, 5.41) is 3.48. The zero-order valence-electron chi connectivity index (χ0n) is 12.6. The third-order valence-electron chi connectivity index (χ3n) is 3.76. The number of halogens is 2. The summed E-state index contributed by atoms with van der Waals surface area (Å²) < 4.78 is 18.3. The van der Waals surface area contributed by atoms with Crippen LogP contribution in [-0.4, -0.2) is 24.7 Å². The topological polar surface area (TPSA) is 38.3 Å². The molecule has 0 heterocycles. The summed E-state index contributed by atoms with van der Waals surface area (Å²) in [4.78, 5) is 12.5. The van der Waals surface area contributed by atoms with Crippen molar-refractivity contribution in [2.75, 3.05) is 6.61 Å². The van der Waals surface area contributed by atoms with Crippen LogP contribution in [0.15, 0.2) is 24.5 Å². The first-order chi connectivity index (χ1) is 10.6. The van der Waals surface area contributed by atoms with E-state index in [1.54, 1.807) is 30.5 Å². The van der Waals surface area contributed by atoms with Gasteiger partial charge in [-0.1, -0.05) is 17.7 Å². The number of benzene rings is 1. The quantitative estimate of drug-likeness (QED) is 0.817. The van der Waals surface area contributed by atoms with Crippen molar-refractivity contribution < 1.29 is 13.9 Å². The van der Waals surface area contributed by atoms with Crippen LogP contribution in [0.5, 0.6) is 0 Å². The molecule has 1 aromatic carbocycles. The molecule has 0 bridgehead atoms. The van der Waals surface area contributed by atoms with Gasteiger partial charge in [0.05, 0.1) is 12.9 Å². The van der Waals surface area contributed by atoms with Crippen LogP contribution in [0.3, 0.4) is 0 Å². The van der Waals surface area contributed by atoms with Crippen LogP contribution in [-0.2, 0) is 4.74 Å². The molecule has 0 saturated heterocycles. The first-order valence-corrected chi connectivity index (χ1v) is 8.00. The molecule has 1 aliphatic rings. The zero-order chi connectivity index (χ0) is 15.9. The van der Waals surface area contributed by atoms with E-state index in [0.29, 0.717) is 42.9 Å². The van der Waals surface area contributed by atoms with E-state index in [1.165, 1.54) is 0 Å². The lowest BCUT2D eigenvalue weighted by molar-refractivity contribution is 0.0916. The van der Waals surface area contributed by atoms with Crippen molar-refractivity contribution in [3.05, 3.63) is 40.6 Å². The Balaban J connectivity index is 2.08. The maximum absolute atomic E-state index is 13.2. The van der Waals surface area contributed by atoms with Crippen LogP contribution in [0.25, 0.3) is 6.08 Å². The second kappa shape index (κ2) is 8.18. The SMILES string of the molecule is CCO/C=C/c1ccc(Cl)cc1C(=O)NC1CCC(F)CC1. The van der Waals surface area contributed by atoms with Gasteiger partial charge < -0.3 is 10.1 Å². The Hall–Kier alpha value is -1.55. The molecule has 1 saturated carbocycles. The monoisotopic (exact) mass is 325 g/mol. The second-order valence-corrected chi connectivity index (χ2v) is 5.85. The third kappa shape index (κ3) is 4.73. The normalized spacial score (nSPS) is 21.8. The van der Waals surface area contributed by atoms with Gasteiger partial charge in [-0.3, -0.25) is 4.79 Å². The summed E-state index contributed by atoms with van der Waals surface area (Å²) in [6.07, 6.45) is 4.95. The van der Waals surface area contributed by atoms with Crippen molar-refractivity contribution in [3.63, 3.8) is 0 Å². The van der Waals surface area contributed by atoms with Crippen molar-refractivity contribution in [2.24, 2.45) is 0 Å². The van der Waals surface area contributed by atoms with E-state index >= 15 is 0 Å². The average molecular weight is 326 g/mol. The summed E-state index contributed by atoms with van der Waals surface area (Å²) in [5.41, 5.74) is 1.25. The molecule has 3 nitrogen and oxygen atoms in total. The Labute approximate surface area is 135 Å². The smallest absolute Gasteiger partial charge is 0.252 e. The molecule has 1 aliphatic carbocycles. The van der Waals surface area contributed by atoms with Gasteiger partial charge in [0.15, 0.2) is 0 Å². The molecule has 5 heteroatoms. The fraction of sp³-hybridized carbons (Fsp3) is 0.471. The highest BCUT2D eigenvalue weighted by atomic mass is 35.5. The molecule has 1 aromatic rings. The molecule has 0 aliphatic heterocycles. The van der Waals surface area contributed by atoms with Crippen LogP contribution in [0.2, 0.25) is 5.02 Å². The van der Waals surface area contributed by atoms with Gasteiger partial charge in [-0.15, -0.1) is 0 Å². The van der Waals surface area contributed by atoms with Crippen molar-refractivity contribution in [1.82, 2.24) is 5.32 Å². The number of hydrogen-bond acceptors (Lipinski definition) is 2. The summed E-state index contributed by atoms with van der Waals surface area (Å²) in [7, 11) is 0. The van der Waals surface area contributed by atoms with E-state index in [1.807, 2.05) is 6.92 Å². The van der Waals surface area contributed by atoms with Crippen molar-refractivity contribution >= 4 is 23.6 Å². The average Bonchev–Trinajstić information content (AvgIpc) is 2.51. The predicted octanol–water partition coefficient (Wildman–Crippen LogP) is 4.36. The molecule has 1 N–H and O–H groups in total. The number of carbonyl (C=O) groups excluding carboxylic acids is 1. The Bertz CT molecular complexity index is 539. The first kappa shape index (κ1) is 16.8. The van der Waals surface area contributed by atoms with E-state index in [0.717, 1.165) is 5.56 Å². The molecule has 0 radical (unpaired) electrons. The Kier molecular flexibility index (Phi) is 6.25. The fourth-order valence-electron chi connectivity index (χ4n) is 2.55. The number of nitrogens with one attached hydrogen (secondary N) is 1. The number of amides is 1. The Morgan fingerprint density at radius 2 is 2.14 bits per heavy atom. The van der Waals surface area contributed by atoms with Crippen LogP contribution in [0.1, 0.15) is 48.5 Å². The maximum atomic E-state index is 13.2. The number of ether oxygens (including phenoxy) is 1.